The average molecular weight is 362 g/mol. The van der Waals surface area contributed by atoms with Crippen molar-refractivity contribution in [3.8, 4) is 17.0 Å². The maximum atomic E-state index is 13.2. The van der Waals surface area contributed by atoms with E-state index in [0.29, 0.717) is 31.9 Å². The van der Waals surface area contributed by atoms with Crippen molar-refractivity contribution in [2.24, 2.45) is 0 Å². The molecule has 5 nitrogen and oxygen atoms in total. The number of carbonyl (C=O) groups excluding carboxylic acids is 1. The van der Waals surface area contributed by atoms with Crippen molar-refractivity contribution in [1.29, 1.82) is 0 Å². The van der Waals surface area contributed by atoms with Gasteiger partial charge in [-0.1, -0.05) is 23.8 Å². The fourth-order valence-corrected chi connectivity index (χ4v) is 3.38. The maximum Gasteiger partial charge on any atom is 0.254 e. The summed E-state index contributed by atoms with van der Waals surface area (Å²) in [5.41, 5.74) is 4.30. The van der Waals surface area contributed by atoms with Crippen molar-refractivity contribution in [1.82, 2.24) is 9.88 Å². The number of nitrogens with zero attached hydrogens (tertiary/aromatic N) is 2. The minimum absolute atomic E-state index is 0.0282. The SMILES string of the molecule is COc1cccc(-c2cc(C(=O)N3CCOCC3)c3cc(C)ccc3n2)c1. The number of benzene rings is 2. The lowest BCUT2D eigenvalue weighted by atomic mass is 10.0. The van der Waals surface area contributed by atoms with Gasteiger partial charge in [-0.2, -0.15) is 0 Å². The van der Waals surface area contributed by atoms with Crippen molar-refractivity contribution < 1.29 is 14.3 Å². The molecule has 138 valence electrons. The summed E-state index contributed by atoms with van der Waals surface area (Å²) >= 11 is 0. The summed E-state index contributed by atoms with van der Waals surface area (Å²) in [6.45, 7) is 4.41. The van der Waals surface area contributed by atoms with Crippen LogP contribution >= 0.6 is 0 Å². The van der Waals surface area contributed by atoms with Gasteiger partial charge in [0.2, 0.25) is 0 Å². The molecular formula is C22H22N2O3. The van der Waals surface area contributed by atoms with Crippen molar-refractivity contribution in [3.05, 3.63) is 59.7 Å². The molecule has 2 heterocycles. The van der Waals surface area contributed by atoms with Gasteiger partial charge in [-0.3, -0.25) is 4.79 Å². The van der Waals surface area contributed by atoms with Gasteiger partial charge in [0, 0.05) is 24.0 Å². The van der Waals surface area contributed by atoms with E-state index in [0.717, 1.165) is 33.5 Å². The van der Waals surface area contributed by atoms with Crippen LogP contribution in [0.25, 0.3) is 22.2 Å². The summed E-state index contributed by atoms with van der Waals surface area (Å²) in [6.07, 6.45) is 0. The number of aromatic nitrogens is 1. The number of hydrogen-bond acceptors (Lipinski definition) is 4. The zero-order chi connectivity index (χ0) is 18.8. The summed E-state index contributed by atoms with van der Waals surface area (Å²) in [4.78, 5) is 19.9. The van der Waals surface area contributed by atoms with Gasteiger partial charge in [0.15, 0.2) is 0 Å². The van der Waals surface area contributed by atoms with Crippen molar-refractivity contribution in [2.75, 3.05) is 33.4 Å². The first kappa shape index (κ1) is 17.5. The number of amides is 1. The van der Waals surface area contributed by atoms with Gasteiger partial charge >= 0.3 is 0 Å². The number of carbonyl (C=O) groups is 1. The summed E-state index contributed by atoms with van der Waals surface area (Å²) in [6, 6.07) is 15.7. The Morgan fingerprint density at radius 3 is 2.70 bits per heavy atom. The van der Waals surface area contributed by atoms with E-state index >= 15 is 0 Å². The molecule has 0 spiro atoms. The summed E-state index contributed by atoms with van der Waals surface area (Å²) in [7, 11) is 1.64. The molecular weight excluding hydrogens is 340 g/mol. The van der Waals surface area contributed by atoms with E-state index in [9.17, 15) is 4.79 Å². The first-order chi connectivity index (χ1) is 13.2. The van der Waals surface area contributed by atoms with Crippen LogP contribution in [0.1, 0.15) is 15.9 Å². The summed E-state index contributed by atoms with van der Waals surface area (Å²) < 4.78 is 10.7. The minimum Gasteiger partial charge on any atom is -0.497 e. The highest BCUT2D eigenvalue weighted by Crippen LogP contribution is 2.28. The fraction of sp³-hybridized carbons (Fsp3) is 0.273. The second-order valence-corrected chi connectivity index (χ2v) is 6.71. The van der Waals surface area contributed by atoms with Gasteiger partial charge < -0.3 is 14.4 Å². The summed E-state index contributed by atoms with van der Waals surface area (Å²) in [5, 5.41) is 0.887. The molecule has 0 atom stereocenters. The van der Waals surface area contributed by atoms with Gasteiger partial charge in [-0.05, 0) is 37.3 Å². The summed E-state index contributed by atoms with van der Waals surface area (Å²) in [5.74, 6) is 0.791. The second kappa shape index (κ2) is 7.37. The van der Waals surface area contributed by atoms with Crippen LogP contribution in [0.5, 0.6) is 5.75 Å². The molecule has 1 fully saturated rings. The first-order valence-corrected chi connectivity index (χ1v) is 9.08. The monoisotopic (exact) mass is 362 g/mol. The van der Waals surface area contributed by atoms with Crippen LogP contribution in [-0.2, 0) is 4.74 Å². The number of rotatable bonds is 3. The number of hydrogen-bond donors (Lipinski definition) is 0. The van der Waals surface area contributed by atoms with E-state index in [1.54, 1.807) is 7.11 Å². The molecule has 0 aliphatic carbocycles. The molecule has 2 aromatic carbocycles. The Bertz CT molecular complexity index is 994. The van der Waals surface area contributed by atoms with E-state index in [2.05, 4.69) is 0 Å². The molecule has 27 heavy (non-hydrogen) atoms. The Kier molecular flexibility index (Phi) is 4.77. The molecule has 1 aliphatic rings. The Labute approximate surface area is 158 Å². The maximum absolute atomic E-state index is 13.2. The van der Waals surface area contributed by atoms with Gasteiger partial charge in [0.25, 0.3) is 5.91 Å². The second-order valence-electron chi connectivity index (χ2n) is 6.71. The topological polar surface area (TPSA) is 51.7 Å². The van der Waals surface area contributed by atoms with Crippen LogP contribution in [0, 0.1) is 6.92 Å². The highest BCUT2D eigenvalue weighted by atomic mass is 16.5. The molecule has 0 unspecified atom stereocenters. The lowest BCUT2D eigenvalue weighted by molar-refractivity contribution is 0.0304. The van der Waals surface area contributed by atoms with Gasteiger partial charge in [0.1, 0.15) is 5.75 Å². The number of aryl methyl sites for hydroxylation is 1. The van der Waals surface area contributed by atoms with Gasteiger partial charge in [-0.15, -0.1) is 0 Å². The smallest absolute Gasteiger partial charge is 0.254 e. The number of pyridine rings is 1. The molecule has 0 bridgehead atoms. The highest BCUT2D eigenvalue weighted by Gasteiger charge is 2.22. The normalized spacial score (nSPS) is 14.4. The number of fused-ring (bicyclic) bond motifs is 1. The molecule has 1 aliphatic heterocycles. The molecule has 1 saturated heterocycles. The number of morpholine rings is 1. The van der Waals surface area contributed by atoms with Crippen LogP contribution in [0.3, 0.4) is 0 Å². The lowest BCUT2D eigenvalue weighted by Crippen LogP contribution is -2.40. The van der Waals surface area contributed by atoms with Crippen LogP contribution in [0.2, 0.25) is 0 Å². The fourth-order valence-electron chi connectivity index (χ4n) is 3.38. The Balaban J connectivity index is 1.86. The quantitative estimate of drug-likeness (QED) is 0.713. The molecule has 1 amide bonds. The van der Waals surface area contributed by atoms with E-state index in [1.807, 2.05) is 60.4 Å². The van der Waals surface area contributed by atoms with Gasteiger partial charge in [-0.25, -0.2) is 4.98 Å². The number of ether oxygens (including phenoxy) is 2. The average Bonchev–Trinajstić information content (AvgIpc) is 2.73. The van der Waals surface area contributed by atoms with E-state index in [-0.39, 0.29) is 5.91 Å². The largest absolute Gasteiger partial charge is 0.497 e. The first-order valence-electron chi connectivity index (χ1n) is 9.08. The van der Waals surface area contributed by atoms with Crippen molar-refractivity contribution in [3.63, 3.8) is 0 Å². The molecule has 0 saturated carbocycles. The molecule has 4 rings (SSSR count). The van der Waals surface area contributed by atoms with Crippen LogP contribution in [-0.4, -0.2) is 49.2 Å². The van der Waals surface area contributed by atoms with Crippen LogP contribution in [0.15, 0.2) is 48.5 Å². The molecule has 3 aromatic rings. The minimum atomic E-state index is 0.0282. The number of methoxy groups -OCH3 is 1. The van der Waals surface area contributed by atoms with E-state index in [4.69, 9.17) is 14.5 Å². The lowest BCUT2D eigenvalue weighted by Gasteiger charge is -2.27. The third kappa shape index (κ3) is 3.51. The van der Waals surface area contributed by atoms with Crippen LogP contribution in [0.4, 0.5) is 0 Å². The Morgan fingerprint density at radius 2 is 1.93 bits per heavy atom. The van der Waals surface area contributed by atoms with Crippen molar-refractivity contribution in [2.45, 2.75) is 6.92 Å². The zero-order valence-electron chi connectivity index (χ0n) is 15.6. The zero-order valence-corrected chi connectivity index (χ0v) is 15.6. The van der Waals surface area contributed by atoms with E-state index < -0.39 is 0 Å². The molecule has 0 N–H and O–H groups in total. The molecule has 0 radical (unpaired) electrons. The van der Waals surface area contributed by atoms with Gasteiger partial charge in [0.05, 0.1) is 37.1 Å². The molecule has 5 heteroatoms. The highest BCUT2D eigenvalue weighted by molar-refractivity contribution is 6.07. The Morgan fingerprint density at radius 1 is 1.11 bits per heavy atom. The predicted molar refractivity (Wildman–Crippen MR) is 105 cm³/mol. The van der Waals surface area contributed by atoms with Crippen LogP contribution < -0.4 is 4.74 Å². The van der Waals surface area contributed by atoms with E-state index in [1.165, 1.54) is 0 Å². The standard InChI is InChI=1S/C22H22N2O3/c1-15-6-7-20-18(12-15)19(22(25)24-8-10-27-11-9-24)14-21(23-20)16-4-3-5-17(13-16)26-2/h3-7,12-14H,8-11H2,1-2H3. The van der Waals surface area contributed by atoms with Crippen molar-refractivity contribution >= 4 is 16.8 Å². The molecule has 1 aromatic heterocycles. The Hall–Kier alpha value is -2.92. The third-order valence-electron chi connectivity index (χ3n) is 4.86. The third-order valence-corrected chi connectivity index (χ3v) is 4.86. The predicted octanol–water partition coefficient (Wildman–Crippen LogP) is 3.69.